The van der Waals surface area contributed by atoms with Gasteiger partial charge in [0, 0.05) is 69.7 Å². The Kier molecular flexibility index (Phi) is 10.0. The number of piperazine rings is 1. The fourth-order valence-corrected chi connectivity index (χ4v) is 5.20. The summed E-state index contributed by atoms with van der Waals surface area (Å²) in [5.74, 6) is 1.90. The molecular formula is C31H44N8O3. The summed E-state index contributed by atoms with van der Waals surface area (Å²) in [5, 5.41) is 22.2. The number of hydrogen-bond acceptors (Lipinski definition) is 10. The molecule has 4 heterocycles. The van der Waals surface area contributed by atoms with Crippen LogP contribution in [0.25, 0.3) is 11.3 Å². The molecule has 0 aliphatic carbocycles. The minimum Gasteiger partial charge on any atom is -0.507 e. The number of phenols is 1. The van der Waals surface area contributed by atoms with E-state index >= 15 is 0 Å². The van der Waals surface area contributed by atoms with Crippen molar-refractivity contribution in [2.75, 3.05) is 61.4 Å². The number of ether oxygens (including phenoxy) is 1. The van der Waals surface area contributed by atoms with E-state index in [2.05, 4.69) is 30.3 Å². The first kappa shape index (κ1) is 30.8. The highest BCUT2D eigenvalue weighted by Crippen LogP contribution is 2.33. The fraction of sp³-hybridized carbons (Fsp3) is 0.516. The first-order valence-electron chi connectivity index (χ1n) is 14.9. The van der Waals surface area contributed by atoms with Gasteiger partial charge in [-0.25, -0.2) is 14.8 Å². The van der Waals surface area contributed by atoms with Gasteiger partial charge in [0.1, 0.15) is 11.4 Å². The monoisotopic (exact) mass is 576 g/mol. The highest BCUT2D eigenvalue weighted by molar-refractivity contribution is 5.75. The molecule has 0 spiro atoms. The largest absolute Gasteiger partial charge is 0.507 e. The molecule has 2 aliphatic heterocycles. The van der Waals surface area contributed by atoms with Crippen molar-refractivity contribution in [1.29, 1.82) is 0 Å². The van der Waals surface area contributed by atoms with E-state index in [1.165, 1.54) is 0 Å². The number of nitrogens with zero attached hydrogens (tertiary/aromatic N) is 7. The molecule has 5 rings (SSSR count). The number of para-hydroxylation sites is 1. The number of phenolic OH excluding ortho intramolecular Hbond substituents is 1. The number of aromatic hydroxyl groups is 1. The van der Waals surface area contributed by atoms with Crippen LogP contribution in [-0.2, 0) is 4.74 Å². The molecule has 2 saturated heterocycles. The smallest absolute Gasteiger partial charge is 0.410 e. The van der Waals surface area contributed by atoms with Crippen LogP contribution in [0.1, 0.15) is 59.1 Å². The fourth-order valence-electron chi connectivity index (χ4n) is 5.20. The zero-order chi connectivity index (χ0) is 30.3. The maximum Gasteiger partial charge on any atom is 0.410 e. The van der Waals surface area contributed by atoms with Gasteiger partial charge in [0.2, 0.25) is 5.95 Å². The van der Waals surface area contributed by atoms with Gasteiger partial charge < -0.3 is 29.9 Å². The Morgan fingerprint density at radius 2 is 1.64 bits per heavy atom. The zero-order valence-corrected chi connectivity index (χ0v) is 25.7. The molecule has 0 bridgehead atoms. The second-order valence-corrected chi connectivity index (χ2v) is 11.2. The highest BCUT2D eigenvalue weighted by Gasteiger charge is 2.29. The van der Waals surface area contributed by atoms with E-state index in [0.717, 1.165) is 56.4 Å². The van der Waals surface area contributed by atoms with Crippen molar-refractivity contribution < 1.29 is 14.6 Å². The molecule has 11 heteroatoms. The number of benzene rings is 1. The van der Waals surface area contributed by atoms with E-state index < -0.39 is 5.60 Å². The molecule has 1 aromatic carbocycles. The van der Waals surface area contributed by atoms with E-state index in [4.69, 9.17) is 9.72 Å². The molecule has 0 saturated carbocycles. The summed E-state index contributed by atoms with van der Waals surface area (Å²) >= 11 is 0. The van der Waals surface area contributed by atoms with Crippen LogP contribution in [0.3, 0.4) is 0 Å². The van der Waals surface area contributed by atoms with Gasteiger partial charge in [-0.05, 0) is 57.9 Å². The van der Waals surface area contributed by atoms with Crippen molar-refractivity contribution in [3.8, 4) is 17.0 Å². The molecule has 0 unspecified atom stereocenters. The second kappa shape index (κ2) is 13.7. The summed E-state index contributed by atoms with van der Waals surface area (Å²) in [4.78, 5) is 28.2. The van der Waals surface area contributed by atoms with E-state index in [1.54, 1.807) is 17.0 Å². The van der Waals surface area contributed by atoms with E-state index in [1.807, 2.05) is 72.1 Å². The molecule has 2 aromatic heterocycles. The molecular weight excluding hydrogens is 532 g/mol. The van der Waals surface area contributed by atoms with Crippen LogP contribution in [0.5, 0.6) is 5.75 Å². The van der Waals surface area contributed by atoms with Crippen molar-refractivity contribution in [3.05, 3.63) is 48.3 Å². The Balaban J connectivity index is 0.00000198. The third-order valence-corrected chi connectivity index (χ3v) is 7.32. The Morgan fingerprint density at radius 3 is 2.29 bits per heavy atom. The lowest BCUT2D eigenvalue weighted by molar-refractivity contribution is 0.0204. The van der Waals surface area contributed by atoms with Gasteiger partial charge in [0.25, 0.3) is 0 Å². The predicted octanol–water partition coefficient (Wildman–Crippen LogP) is 5.15. The van der Waals surface area contributed by atoms with Crippen molar-refractivity contribution in [3.63, 3.8) is 0 Å². The van der Waals surface area contributed by atoms with Crippen LogP contribution in [0.15, 0.2) is 42.6 Å². The molecule has 42 heavy (non-hydrogen) atoms. The summed E-state index contributed by atoms with van der Waals surface area (Å²) in [6.45, 7) is 14.0. The molecule has 2 N–H and O–H groups in total. The molecule has 1 amide bonds. The molecule has 0 atom stereocenters. The highest BCUT2D eigenvalue weighted by atomic mass is 16.6. The lowest BCUT2D eigenvalue weighted by Crippen LogP contribution is -2.47. The Labute approximate surface area is 248 Å². The summed E-state index contributed by atoms with van der Waals surface area (Å²) in [5.41, 5.74) is 2.76. The zero-order valence-electron chi connectivity index (χ0n) is 25.7. The van der Waals surface area contributed by atoms with E-state index in [9.17, 15) is 9.90 Å². The quantitative estimate of drug-likeness (QED) is 0.422. The molecule has 3 aromatic rings. The van der Waals surface area contributed by atoms with Gasteiger partial charge in [-0.15, -0.1) is 10.2 Å². The minimum atomic E-state index is -0.491. The maximum atomic E-state index is 12.4. The Morgan fingerprint density at radius 1 is 0.976 bits per heavy atom. The molecule has 226 valence electrons. The minimum absolute atomic E-state index is 0.178. The van der Waals surface area contributed by atoms with Crippen molar-refractivity contribution >= 4 is 23.5 Å². The van der Waals surface area contributed by atoms with Crippen LogP contribution >= 0.6 is 0 Å². The Bertz CT molecular complexity index is 1330. The number of rotatable bonds is 5. The van der Waals surface area contributed by atoms with Crippen molar-refractivity contribution in [2.45, 2.75) is 59.0 Å². The number of anilines is 3. The standard InChI is InChI=1S/C29H38N8O3.C2H6/c1-29(2,3)40-28(39)37-13-10-20(11-14-37)22-9-12-31-27(32-22)36-17-15-35(16-18-36)24-19-23(33-34-26(24)30-4)21-7-5-6-8-25(21)38;1-2/h5-9,12,19-20,38H,10-11,13-18H2,1-4H3,(H,30,34);1-2H3. The first-order valence-corrected chi connectivity index (χ1v) is 14.9. The molecule has 0 radical (unpaired) electrons. The van der Waals surface area contributed by atoms with E-state index in [-0.39, 0.29) is 17.8 Å². The van der Waals surface area contributed by atoms with Gasteiger partial charge in [-0.1, -0.05) is 26.0 Å². The number of amides is 1. The molecule has 2 aliphatic rings. The summed E-state index contributed by atoms with van der Waals surface area (Å²) in [7, 11) is 1.83. The van der Waals surface area contributed by atoms with Crippen molar-refractivity contribution in [1.82, 2.24) is 25.1 Å². The van der Waals surface area contributed by atoms with Gasteiger partial charge in [-0.3, -0.25) is 0 Å². The van der Waals surface area contributed by atoms with Gasteiger partial charge >= 0.3 is 6.09 Å². The third kappa shape index (κ3) is 7.37. The van der Waals surface area contributed by atoms with Crippen LogP contribution < -0.4 is 15.1 Å². The maximum absolute atomic E-state index is 12.4. The molecule has 11 nitrogen and oxygen atoms in total. The first-order chi connectivity index (χ1) is 20.2. The van der Waals surface area contributed by atoms with Crippen molar-refractivity contribution in [2.24, 2.45) is 0 Å². The summed E-state index contributed by atoms with van der Waals surface area (Å²) in [6, 6.07) is 11.1. The number of hydrogen-bond donors (Lipinski definition) is 2. The van der Waals surface area contributed by atoms with Crippen LogP contribution in [0, 0.1) is 0 Å². The lowest BCUT2D eigenvalue weighted by Gasteiger charge is -2.37. The number of nitrogens with one attached hydrogen (secondary N) is 1. The second-order valence-electron chi connectivity index (χ2n) is 11.2. The SMILES string of the molecule is CC.CNc1nnc(-c2ccccc2O)cc1N1CCN(c2nccc(C3CCN(C(=O)OC(C)(C)C)CC3)n2)CC1. The van der Waals surface area contributed by atoms with E-state index in [0.29, 0.717) is 30.2 Å². The average molecular weight is 577 g/mol. The number of carbonyl (C=O) groups excluding carboxylic acids is 1. The summed E-state index contributed by atoms with van der Waals surface area (Å²) in [6.07, 6.45) is 3.30. The number of aromatic nitrogens is 4. The van der Waals surface area contributed by atoms with Crippen LogP contribution in [0.4, 0.5) is 22.2 Å². The summed E-state index contributed by atoms with van der Waals surface area (Å²) < 4.78 is 5.53. The van der Waals surface area contributed by atoms with Gasteiger partial charge in [-0.2, -0.15) is 0 Å². The number of carbonyl (C=O) groups is 1. The molecule has 2 fully saturated rings. The number of likely N-dealkylation sites (tertiary alicyclic amines) is 1. The lowest BCUT2D eigenvalue weighted by atomic mass is 9.93. The Hall–Kier alpha value is -4.15. The third-order valence-electron chi connectivity index (χ3n) is 7.32. The van der Waals surface area contributed by atoms with Crippen LogP contribution in [-0.4, -0.2) is 88.2 Å². The number of piperidine rings is 1. The van der Waals surface area contributed by atoms with Gasteiger partial charge in [0.05, 0.1) is 11.4 Å². The van der Waals surface area contributed by atoms with Gasteiger partial charge in [0.15, 0.2) is 5.82 Å². The normalized spacial score (nSPS) is 16.0. The average Bonchev–Trinajstić information content (AvgIpc) is 3.01. The topological polar surface area (TPSA) is 120 Å². The van der Waals surface area contributed by atoms with Crippen LogP contribution in [0.2, 0.25) is 0 Å². The predicted molar refractivity (Wildman–Crippen MR) is 166 cm³/mol.